The van der Waals surface area contributed by atoms with Gasteiger partial charge in [0.25, 0.3) is 5.91 Å². The maximum absolute atomic E-state index is 12.4. The molecule has 25 heavy (non-hydrogen) atoms. The Kier molecular flexibility index (Phi) is 4.34. The van der Waals surface area contributed by atoms with E-state index in [-0.39, 0.29) is 16.5 Å². The summed E-state index contributed by atoms with van der Waals surface area (Å²) in [6.45, 7) is 1.71. The van der Waals surface area contributed by atoms with Gasteiger partial charge in [-0.1, -0.05) is 18.9 Å². The second kappa shape index (κ2) is 6.64. The van der Waals surface area contributed by atoms with Crippen molar-refractivity contribution in [2.45, 2.75) is 31.1 Å². The van der Waals surface area contributed by atoms with E-state index in [1.807, 2.05) is 6.07 Å². The predicted octanol–water partition coefficient (Wildman–Crippen LogP) is 3.95. The Morgan fingerprint density at radius 1 is 1.12 bits per heavy atom. The molecule has 132 valence electrons. The van der Waals surface area contributed by atoms with Gasteiger partial charge in [-0.2, -0.15) is 0 Å². The number of benzene rings is 1. The number of hydrogen-bond acceptors (Lipinski definition) is 4. The van der Waals surface area contributed by atoms with Crippen molar-refractivity contribution in [2.24, 2.45) is 0 Å². The van der Waals surface area contributed by atoms with Crippen LogP contribution in [0.25, 0.3) is 0 Å². The van der Waals surface area contributed by atoms with E-state index in [2.05, 4.69) is 17.4 Å². The van der Waals surface area contributed by atoms with Crippen molar-refractivity contribution in [1.29, 1.82) is 0 Å². The van der Waals surface area contributed by atoms with Gasteiger partial charge >= 0.3 is 0 Å². The molecule has 1 aromatic heterocycles. The Bertz CT molecular complexity index is 779. The van der Waals surface area contributed by atoms with Gasteiger partial charge in [0.15, 0.2) is 11.5 Å². The van der Waals surface area contributed by atoms with Crippen molar-refractivity contribution >= 4 is 17.5 Å². The van der Waals surface area contributed by atoms with Gasteiger partial charge in [-0.05, 0) is 48.2 Å². The molecule has 0 unspecified atom stereocenters. The van der Waals surface area contributed by atoms with Crippen LogP contribution in [0.3, 0.4) is 0 Å². The third kappa shape index (κ3) is 3.09. The van der Waals surface area contributed by atoms with E-state index in [1.54, 1.807) is 6.07 Å². The molecule has 2 aromatic rings. The van der Waals surface area contributed by atoms with Crippen LogP contribution in [-0.2, 0) is 5.41 Å². The van der Waals surface area contributed by atoms with Crippen LogP contribution in [0.15, 0.2) is 34.9 Å². The summed E-state index contributed by atoms with van der Waals surface area (Å²) >= 11 is 5.90. The van der Waals surface area contributed by atoms with Crippen molar-refractivity contribution in [3.05, 3.63) is 46.9 Å². The summed E-state index contributed by atoms with van der Waals surface area (Å²) in [6.07, 6.45) is 5.79. The number of rotatable bonds is 4. The van der Waals surface area contributed by atoms with E-state index in [1.165, 1.54) is 11.8 Å². The lowest BCUT2D eigenvalue weighted by molar-refractivity contribution is 0.0942. The van der Waals surface area contributed by atoms with E-state index >= 15 is 0 Å². The summed E-state index contributed by atoms with van der Waals surface area (Å²) in [4.78, 5) is 12.4. The third-order valence-corrected chi connectivity index (χ3v) is 5.46. The van der Waals surface area contributed by atoms with Gasteiger partial charge in [0.1, 0.15) is 13.2 Å². The van der Waals surface area contributed by atoms with Gasteiger partial charge in [-0.25, -0.2) is 0 Å². The summed E-state index contributed by atoms with van der Waals surface area (Å²) in [6, 6.07) is 7.72. The highest BCUT2D eigenvalue weighted by molar-refractivity contribution is 6.32. The molecule has 2 aliphatic rings. The molecule has 0 bridgehead atoms. The van der Waals surface area contributed by atoms with Crippen LogP contribution in [0.5, 0.6) is 11.5 Å². The number of fused-ring (bicyclic) bond motifs is 1. The third-order valence-electron chi connectivity index (χ3n) is 5.17. The average Bonchev–Trinajstić information content (AvgIpc) is 3.29. The van der Waals surface area contributed by atoms with Crippen molar-refractivity contribution in [2.75, 3.05) is 19.8 Å². The zero-order valence-electron chi connectivity index (χ0n) is 13.8. The van der Waals surface area contributed by atoms with Crippen LogP contribution in [0, 0.1) is 0 Å². The standard InChI is InChI=1S/C19H20ClNO4/c20-17-14(5-8-25-17)18(22)21-12-19(6-1-2-7-19)13-3-4-15-16(11-13)24-10-9-23-15/h3-5,8,11H,1-2,6-7,9-10,12H2,(H,21,22). The van der Waals surface area contributed by atoms with Crippen LogP contribution in [-0.4, -0.2) is 25.7 Å². The van der Waals surface area contributed by atoms with Gasteiger partial charge in [-0.3, -0.25) is 4.79 Å². The van der Waals surface area contributed by atoms with E-state index in [0.717, 1.165) is 37.2 Å². The predicted molar refractivity (Wildman–Crippen MR) is 93.6 cm³/mol. The quantitative estimate of drug-likeness (QED) is 0.895. The molecule has 1 fully saturated rings. The van der Waals surface area contributed by atoms with Crippen molar-refractivity contribution in [1.82, 2.24) is 5.32 Å². The Morgan fingerprint density at radius 3 is 2.60 bits per heavy atom. The smallest absolute Gasteiger partial charge is 0.256 e. The number of carbonyl (C=O) groups excluding carboxylic acids is 1. The molecular formula is C19H20ClNO4. The summed E-state index contributed by atoms with van der Waals surface area (Å²) in [7, 11) is 0. The van der Waals surface area contributed by atoms with Crippen molar-refractivity contribution in [3.8, 4) is 11.5 Å². The van der Waals surface area contributed by atoms with E-state index < -0.39 is 0 Å². The molecule has 0 atom stereocenters. The van der Waals surface area contributed by atoms with E-state index in [4.69, 9.17) is 25.5 Å². The molecule has 0 saturated heterocycles. The first-order chi connectivity index (χ1) is 12.2. The number of furan rings is 1. The number of halogens is 1. The first-order valence-electron chi connectivity index (χ1n) is 8.59. The Hall–Kier alpha value is -2.14. The fourth-order valence-corrected chi connectivity index (χ4v) is 3.99. The molecule has 2 heterocycles. The van der Waals surface area contributed by atoms with E-state index in [9.17, 15) is 4.79 Å². The Morgan fingerprint density at radius 2 is 1.88 bits per heavy atom. The minimum Gasteiger partial charge on any atom is -0.486 e. The number of amides is 1. The molecule has 1 aromatic carbocycles. The molecule has 0 radical (unpaired) electrons. The molecule has 1 saturated carbocycles. The molecular weight excluding hydrogens is 342 g/mol. The van der Waals surface area contributed by atoms with Crippen molar-refractivity contribution < 1.29 is 18.7 Å². The highest BCUT2D eigenvalue weighted by atomic mass is 35.5. The minimum atomic E-state index is -0.206. The molecule has 6 heteroatoms. The van der Waals surface area contributed by atoms with Gasteiger partial charge in [-0.15, -0.1) is 0 Å². The Balaban J connectivity index is 1.56. The fraction of sp³-hybridized carbons (Fsp3) is 0.421. The fourth-order valence-electron chi connectivity index (χ4n) is 3.79. The minimum absolute atomic E-state index is 0.0816. The second-order valence-electron chi connectivity index (χ2n) is 6.64. The summed E-state index contributed by atoms with van der Waals surface area (Å²) in [5.74, 6) is 1.37. The average molecular weight is 362 g/mol. The van der Waals surface area contributed by atoms with Crippen LogP contribution in [0.1, 0.15) is 41.6 Å². The van der Waals surface area contributed by atoms with E-state index in [0.29, 0.717) is 25.3 Å². The van der Waals surface area contributed by atoms with Gasteiger partial charge in [0, 0.05) is 12.0 Å². The number of hydrogen-bond donors (Lipinski definition) is 1. The number of nitrogens with one attached hydrogen (secondary N) is 1. The number of ether oxygens (including phenoxy) is 2. The van der Waals surface area contributed by atoms with Crippen LogP contribution in [0.2, 0.25) is 5.22 Å². The Labute approximate surface area is 151 Å². The highest BCUT2D eigenvalue weighted by Crippen LogP contribution is 2.43. The molecule has 1 amide bonds. The molecule has 4 rings (SSSR count). The van der Waals surface area contributed by atoms with Crippen LogP contribution < -0.4 is 14.8 Å². The van der Waals surface area contributed by atoms with Crippen LogP contribution in [0.4, 0.5) is 0 Å². The summed E-state index contributed by atoms with van der Waals surface area (Å²) in [5.41, 5.74) is 1.48. The second-order valence-corrected chi connectivity index (χ2v) is 6.98. The molecule has 1 N–H and O–H groups in total. The summed E-state index contributed by atoms with van der Waals surface area (Å²) < 4.78 is 16.3. The number of carbonyl (C=O) groups is 1. The lowest BCUT2D eigenvalue weighted by Gasteiger charge is -2.31. The lowest BCUT2D eigenvalue weighted by Crippen LogP contribution is -2.39. The molecule has 0 spiro atoms. The molecule has 1 aliphatic heterocycles. The monoisotopic (exact) mass is 361 g/mol. The zero-order chi connectivity index (χ0) is 17.3. The highest BCUT2D eigenvalue weighted by Gasteiger charge is 2.37. The molecule has 1 aliphatic carbocycles. The zero-order valence-corrected chi connectivity index (χ0v) is 14.6. The maximum atomic E-state index is 12.4. The topological polar surface area (TPSA) is 60.7 Å². The van der Waals surface area contributed by atoms with Gasteiger partial charge in [0.2, 0.25) is 5.22 Å². The normalized spacial score (nSPS) is 18.1. The first-order valence-corrected chi connectivity index (χ1v) is 8.97. The van der Waals surface area contributed by atoms with Crippen LogP contribution >= 0.6 is 11.6 Å². The maximum Gasteiger partial charge on any atom is 0.256 e. The summed E-state index contributed by atoms with van der Waals surface area (Å²) in [5, 5.41) is 3.15. The van der Waals surface area contributed by atoms with Gasteiger partial charge < -0.3 is 19.2 Å². The largest absolute Gasteiger partial charge is 0.486 e. The SMILES string of the molecule is O=C(NCC1(c2ccc3c(c2)OCCO3)CCCC1)c1ccoc1Cl. The lowest BCUT2D eigenvalue weighted by atomic mass is 9.78. The first kappa shape index (κ1) is 16.3. The van der Waals surface area contributed by atoms with Crippen molar-refractivity contribution in [3.63, 3.8) is 0 Å². The van der Waals surface area contributed by atoms with Gasteiger partial charge in [0.05, 0.1) is 11.8 Å². The molecule has 5 nitrogen and oxygen atoms in total.